The summed E-state index contributed by atoms with van der Waals surface area (Å²) in [5.74, 6) is 0.0411. The van der Waals surface area contributed by atoms with Crippen LogP contribution < -0.4 is 0 Å². The lowest BCUT2D eigenvalue weighted by Gasteiger charge is -2.29. The summed E-state index contributed by atoms with van der Waals surface area (Å²) in [5.41, 5.74) is 1.23. The highest BCUT2D eigenvalue weighted by molar-refractivity contribution is 5.98. The number of pyridine rings is 1. The molecule has 1 heterocycles. The van der Waals surface area contributed by atoms with E-state index in [4.69, 9.17) is 0 Å². The highest BCUT2D eigenvalue weighted by atomic mass is 19.4. The third-order valence-electron chi connectivity index (χ3n) is 4.05. The molecule has 0 atom stereocenters. The van der Waals surface area contributed by atoms with E-state index in [1.54, 1.807) is 18.2 Å². The first-order chi connectivity index (χ1) is 10.7. The second-order valence-electron chi connectivity index (χ2n) is 6.71. The number of fused-ring (bicyclic) bond motifs is 1. The molecule has 2 nitrogen and oxygen atoms in total. The minimum atomic E-state index is -4.39. The molecule has 2 aromatic rings. The highest BCUT2D eigenvalue weighted by Crippen LogP contribution is 2.36. The van der Waals surface area contributed by atoms with E-state index < -0.39 is 11.7 Å². The fraction of sp³-hybridized carbons (Fsp3) is 0.333. The molecular formula is C18H16F3NO. The fourth-order valence-corrected chi connectivity index (χ4v) is 2.95. The van der Waals surface area contributed by atoms with Crippen LogP contribution in [0.3, 0.4) is 0 Å². The minimum absolute atomic E-state index is 0.0411. The van der Waals surface area contributed by atoms with Crippen molar-refractivity contribution in [3.05, 3.63) is 53.2 Å². The summed E-state index contributed by atoms with van der Waals surface area (Å²) in [5, 5.41) is 0. The van der Waals surface area contributed by atoms with Crippen molar-refractivity contribution in [2.75, 3.05) is 0 Å². The maximum absolute atomic E-state index is 12.8. The Hall–Kier alpha value is -2.17. The minimum Gasteiger partial charge on any atom is -0.294 e. The first-order valence-electron chi connectivity index (χ1n) is 7.36. The van der Waals surface area contributed by atoms with Gasteiger partial charge in [0.05, 0.1) is 17.0 Å². The number of rotatable bonds is 1. The lowest BCUT2D eigenvalue weighted by atomic mass is 9.75. The SMILES string of the molecule is CC1(C)CC(=O)c2ccc(-c3cccc(C(F)(F)F)c3)nc2C1. The van der Waals surface area contributed by atoms with E-state index in [1.165, 1.54) is 6.07 Å². The molecule has 0 spiro atoms. The average molecular weight is 319 g/mol. The molecule has 3 rings (SSSR count). The molecule has 0 N–H and O–H groups in total. The maximum atomic E-state index is 12.8. The largest absolute Gasteiger partial charge is 0.416 e. The smallest absolute Gasteiger partial charge is 0.294 e. The van der Waals surface area contributed by atoms with Crippen LogP contribution in [0.5, 0.6) is 0 Å². The predicted octanol–water partition coefficient (Wildman–Crippen LogP) is 4.92. The summed E-state index contributed by atoms with van der Waals surface area (Å²) in [6.07, 6.45) is -3.28. The summed E-state index contributed by atoms with van der Waals surface area (Å²) in [4.78, 5) is 16.6. The number of hydrogen-bond acceptors (Lipinski definition) is 2. The van der Waals surface area contributed by atoms with Crippen LogP contribution in [-0.4, -0.2) is 10.8 Å². The maximum Gasteiger partial charge on any atom is 0.416 e. The summed E-state index contributed by atoms with van der Waals surface area (Å²) in [6, 6.07) is 8.38. The normalized spacial score (nSPS) is 17.0. The second kappa shape index (κ2) is 5.18. The van der Waals surface area contributed by atoms with Crippen LogP contribution in [0, 0.1) is 5.41 Å². The van der Waals surface area contributed by atoms with Gasteiger partial charge in [-0.2, -0.15) is 13.2 Å². The molecule has 5 heteroatoms. The Morgan fingerprint density at radius 3 is 2.52 bits per heavy atom. The summed E-state index contributed by atoms with van der Waals surface area (Å²) in [6.45, 7) is 3.99. The van der Waals surface area contributed by atoms with Crippen molar-refractivity contribution >= 4 is 5.78 Å². The number of carbonyl (C=O) groups excluding carboxylic acids is 1. The van der Waals surface area contributed by atoms with Gasteiger partial charge in [0, 0.05) is 17.5 Å². The highest BCUT2D eigenvalue weighted by Gasteiger charge is 2.33. The van der Waals surface area contributed by atoms with Crippen molar-refractivity contribution in [1.29, 1.82) is 0 Å². The fourth-order valence-electron chi connectivity index (χ4n) is 2.95. The molecule has 120 valence electrons. The first kappa shape index (κ1) is 15.7. The van der Waals surface area contributed by atoms with Crippen LogP contribution >= 0.6 is 0 Å². The number of carbonyl (C=O) groups is 1. The number of halogens is 3. The van der Waals surface area contributed by atoms with Crippen molar-refractivity contribution in [2.24, 2.45) is 5.41 Å². The molecule has 23 heavy (non-hydrogen) atoms. The average Bonchev–Trinajstić information content (AvgIpc) is 2.44. The van der Waals surface area contributed by atoms with Crippen LogP contribution in [0.25, 0.3) is 11.3 Å². The van der Waals surface area contributed by atoms with Crippen molar-refractivity contribution in [3.63, 3.8) is 0 Å². The lowest BCUT2D eigenvalue weighted by molar-refractivity contribution is -0.137. The van der Waals surface area contributed by atoms with Crippen molar-refractivity contribution in [2.45, 2.75) is 32.9 Å². The Labute approximate surface area is 132 Å². The molecule has 0 amide bonds. The van der Waals surface area contributed by atoms with E-state index in [2.05, 4.69) is 4.98 Å². The molecule has 0 saturated heterocycles. The molecule has 1 aliphatic carbocycles. The number of alkyl halides is 3. The van der Waals surface area contributed by atoms with E-state index in [1.807, 2.05) is 13.8 Å². The monoisotopic (exact) mass is 319 g/mol. The van der Waals surface area contributed by atoms with Gasteiger partial charge in [0.1, 0.15) is 0 Å². The molecule has 0 fully saturated rings. The predicted molar refractivity (Wildman–Crippen MR) is 81.1 cm³/mol. The van der Waals surface area contributed by atoms with E-state index in [9.17, 15) is 18.0 Å². The molecule has 1 aromatic carbocycles. The lowest BCUT2D eigenvalue weighted by Crippen LogP contribution is -2.27. The van der Waals surface area contributed by atoms with E-state index in [-0.39, 0.29) is 11.2 Å². The number of benzene rings is 1. The van der Waals surface area contributed by atoms with Crippen molar-refractivity contribution < 1.29 is 18.0 Å². The van der Waals surface area contributed by atoms with Crippen molar-refractivity contribution in [3.8, 4) is 11.3 Å². The van der Waals surface area contributed by atoms with Crippen LogP contribution in [0.1, 0.15) is 41.9 Å². The van der Waals surface area contributed by atoms with Gasteiger partial charge in [-0.15, -0.1) is 0 Å². The van der Waals surface area contributed by atoms with Crippen LogP contribution in [-0.2, 0) is 12.6 Å². The number of hydrogen-bond donors (Lipinski definition) is 0. The zero-order chi connectivity index (χ0) is 16.8. The Balaban J connectivity index is 2.05. The zero-order valence-electron chi connectivity index (χ0n) is 12.9. The van der Waals surface area contributed by atoms with Crippen LogP contribution in [0.4, 0.5) is 13.2 Å². The second-order valence-corrected chi connectivity index (χ2v) is 6.71. The number of ketones is 1. The van der Waals surface area contributed by atoms with Crippen LogP contribution in [0.2, 0.25) is 0 Å². The standard InChI is InChI=1S/C18H16F3NO/c1-17(2)9-15-13(16(23)10-17)6-7-14(22-15)11-4-3-5-12(8-11)18(19,20)21/h3-8H,9-10H2,1-2H3. The molecule has 0 aliphatic heterocycles. The Kier molecular flexibility index (Phi) is 3.54. The van der Waals surface area contributed by atoms with E-state index in [0.29, 0.717) is 35.4 Å². The summed E-state index contributed by atoms with van der Waals surface area (Å²) in [7, 11) is 0. The quantitative estimate of drug-likeness (QED) is 0.746. The molecule has 0 saturated carbocycles. The Bertz CT molecular complexity index is 778. The number of nitrogens with zero attached hydrogens (tertiary/aromatic N) is 1. The molecule has 0 unspecified atom stereocenters. The van der Waals surface area contributed by atoms with Gasteiger partial charge in [-0.1, -0.05) is 26.0 Å². The topological polar surface area (TPSA) is 30.0 Å². The first-order valence-corrected chi connectivity index (χ1v) is 7.36. The molecule has 0 radical (unpaired) electrons. The Morgan fingerprint density at radius 1 is 1.09 bits per heavy atom. The summed E-state index contributed by atoms with van der Waals surface area (Å²) < 4.78 is 38.5. The van der Waals surface area contributed by atoms with Gasteiger partial charge >= 0.3 is 6.18 Å². The molecule has 0 bridgehead atoms. The van der Waals surface area contributed by atoms with Crippen molar-refractivity contribution in [1.82, 2.24) is 4.98 Å². The van der Waals surface area contributed by atoms with Gasteiger partial charge in [0.25, 0.3) is 0 Å². The van der Waals surface area contributed by atoms with E-state index in [0.717, 1.165) is 12.1 Å². The number of Topliss-reactive ketones (excluding diaryl/α,β-unsaturated/α-hetero) is 1. The van der Waals surface area contributed by atoms with Gasteiger partial charge in [0.15, 0.2) is 5.78 Å². The van der Waals surface area contributed by atoms with Gasteiger partial charge in [-0.05, 0) is 36.1 Å². The number of aromatic nitrogens is 1. The summed E-state index contributed by atoms with van der Waals surface area (Å²) >= 11 is 0. The Morgan fingerprint density at radius 2 is 1.83 bits per heavy atom. The molecule has 1 aromatic heterocycles. The molecular weight excluding hydrogens is 303 g/mol. The van der Waals surface area contributed by atoms with Gasteiger partial charge < -0.3 is 0 Å². The van der Waals surface area contributed by atoms with Gasteiger partial charge in [0.2, 0.25) is 0 Å². The third-order valence-corrected chi connectivity index (χ3v) is 4.05. The van der Waals surface area contributed by atoms with Gasteiger partial charge in [-0.3, -0.25) is 9.78 Å². The van der Waals surface area contributed by atoms with E-state index >= 15 is 0 Å². The zero-order valence-corrected chi connectivity index (χ0v) is 12.9. The van der Waals surface area contributed by atoms with Gasteiger partial charge in [-0.25, -0.2) is 0 Å². The molecule has 1 aliphatic rings. The third kappa shape index (κ3) is 3.14. The van der Waals surface area contributed by atoms with Crippen LogP contribution in [0.15, 0.2) is 36.4 Å².